The molecule has 3 aromatic rings. The molecule has 0 atom stereocenters. The zero-order valence-corrected chi connectivity index (χ0v) is 16.3. The molecule has 4 rings (SSSR count). The lowest BCUT2D eigenvalue weighted by Crippen LogP contribution is -2.28. The third-order valence-corrected chi connectivity index (χ3v) is 5.30. The van der Waals surface area contributed by atoms with Gasteiger partial charge in [0.15, 0.2) is 17.3 Å². The largest absolute Gasteiger partial charge is 0.493 e. The highest BCUT2D eigenvalue weighted by Crippen LogP contribution is 2.40. The highest BCUT2D eigenvalue weighted by atomic mass is 32.1. The molecule has 28 heavy (non-hydrogen) atoms. The predicted molar refractivity (Wildman–Crippen MR) is 105 cm³/mol. The van der Waals surface area contributed by atoms with E-state index in [-0.39, 0.29) is 6.03 Å². The average molecular weight is 400 g/mol. The second-order valence-corrected chi connectivity index (χ2v) is 7.31. The van der Waals surface area contributed by atoms with Crippen molar-refractivity contribution in [2.24, 2.45) is 0 Å². The summed E-state index contributed by atoms with van der Waals surface area (Å²) in [6.07, 6.45) is 2.21. The molecule has 1 saturated carbocycles. The van der Waals surface area contributed by atoms with Gasteiger partial charge in [0.2, 0.25) is 0 Å². The van der Waals surface area contributed by atoms with Crippen LogP contribution in [0.5, 0.6) is 11.5 Å². The molecular weight excluding hydrogens is 380 g/mol. The summed E-state index contributed by atoms with van der Waals surface area (Å²) >= 11 is 1.44. The molecule has 1 aliphatic carbocycles. The summed E-state index contributed by atoms with van der Waals surface area (Å²) in [5, 5.41) is 11.6. The van der Waals surface area contributed by atoms with E-state index in [1.807, 2.05) is 23.6 Å². The Kier molecular flexibility index (Phi) is 5.16. The Morgan fingerprint density at radius 3 is 2.82 bits per heavy atom. The zero-order valence-electron chi connectivity index (χ0n) is 15.5. The van der Waals surface area contributed by atoms with Gasteiger partial charge in [-0.15, -0.1) is 11.3 Å². The van der Waals surface area contributed by atoms with E-state index in [1.165, 1.54) is 11.3 Å². The summed E-state index contributed by atoms with van der Waals surface area (Å²) in [7, 11) is 3.16. The molecule has 0 saturated heterocycles. The van der Waals surface area contributed by atoms with Gasteiger partial charge in [-0.3, -0.25) is 0 Å². The van der Waals surface area contributed by atoms with E-state index in [4.69, 9.17) is 14.0 Å². The lowest BCUT2D eigenvalue weighted by Gasteiger charge is -2.11. The van der Waals surface area contributed by atoms with E-state index >= 15 is 0 Å². The number of urea groups is 1. The molecule has 0 aliphatic heterocycles. The maximum absolute atomic E-state index is 12.3. The standard InChI is InChI=1S/C19H20N4O4S/c1-25-14-6-3-11(9-15(14)26-2)10-20-19(24)21-13-7-8-28-16(13)18-22-17(23-27-18)12-4-5-12/h3,6-9,12H,4-5,10H2,1-2H3,(H2,20,21,24). The van der Waals surface area contributed by atoms with Crippen molar-refractivity contribution in [1.82, 2.24) is 15.5 Å². The molecule has 2 aromatic heterocycles. The molecule has 0 unspecified atom stereocenters. The minimum Gasteiger partial charge on any atom is -0.493 e. The van der Waals surface area contributed by atoms with Crippen molar-refractivity contribution >= 4 is 23.1 Å². The first kappa shape index (κ1) is 18.3. The number of nitrogens with zero attached hydrogens (tertiary/aromatic N) is 2. The highest BCUT2D eigenvalue weighted by Gasteiger charge is 2.29. The molecule has 2 N–H and O–H groups in total. The smallest absolute Gasteiger partial charge is 0.319 e. The van der Waals surface area contributed by atoms with Crippen LogP contribution >= 0.6 is 11.3 Å². The van der Waals surface area contributed by atoms with Crippen molar-refractivity contribution in [2.75, 3.05) is 19.5 Å². The quantitative estimate of drug-likeness (QED) is 0.622. The molecule has 9 heteroatoms. The number of aromatic nitrogens is 2. The van der Waals surface area contributed by atoms with Crippen molar-refractivity contribution in [2.45, 2.75) is 25.3 Å². The van der Waals surface area contributed by atoms with Gasteiger partial charge in [-0.1, -0.05) is 11.2 Å². The second-order valence-electron chi connectivity index (χ2n) is 6.39. The van der Waals surface area contributed by atoms with Crippen molar-refractivity contribution in [3.8, 4) is 22.3 Å². The molecule has 0 spiro atoms. The first-order valence-corrected chi connectivity index (χ1v) is 9.73. The first-order valence-electron chi connectivity index (χ1n) is 8.85. The van der Waals surface area contributed by atoms with Crippen molar-refractivity contribution in [3.05, 3.63) is 41.0 Å². The van der Waals surface area contributed by atoms with Crippen molar-refractivity contribution in [1.29, 1.82) is 0 Å². The topological polar surface area (TPSA) is 98.5 Å². The van der Waals surface area contributed by atoms with Gasteiger partial charge >= 0.3 is 6.03 Å². The minimum absolute atomic E-state index is 0.323. The normalized spacial score (nSPS) is 13.2. The van der Waals surface area contributed by atoms with Crippen molar-refractivity contribution in [3.63, 3.8) is 0 Å². The second kappa shape index (κ2) is 7.89. The Labute approximate surface area is 165 Å². The maximum Gasteiger partial charge on any atom is 0.319 e. The fraction of sp³-hybridized carbons (Fsp3) is 0.316. The Bertz CT molecular complexity index is 980. The fourth-order valence-electron chi connectivity index (χ4n) is 2.75. The van der Waals surface area contributed by atoms with E-state index < -0.39 is 0 Å². The molecule has 0 radical (unpaired) electrons. The SMILES string of the molecule is COc1ccc(CNC(=O)Nc2ccsc2-c2nc(C3CC3)no2)cc1OC. The van der Waals surface area contributed by atoms with E-state index in [1.54, 1.807) is 20.3 Å². The van der Waals surface area contributed by atoms with Crippen LogP contribution < -0.4 is 20.1 Å². The van der Waals surface area contributed by atoms with Crippen molar-refractivity contribution < 1.29 is 18.8 Å². The number of amides is 2. The molecule has 1 aliphatic rings. The maximum atomic E-state index is 12.3. The summed E-state index contributed by atoms with van der Waals surface area (Å²) in [5.74, 6) is 2.85. The molecule has 146 valence electrons. The van der Waals surface area contributed by atoms with Gasteiger partial charge in [-0.25, -0.2) is 4.79 Å². The lowest BCUT2D eigenvalue weighted by atomic mass is 10.2. The van der Waals surface area contributed by atoms with Gasteiger partial charge in [-0.2, -0.15) is 4.98 Å². The van der Waals surface area contributed by atoms with E-state index in [0.717, 1.165) is 29.1 Å². The van der Waals surface area contributed by atoms with Gasteiger partial charge in [0, 0.05) is 12.5 Å². The summed E-state index contributed by atoms with van der Waals surface area (Å²) in [6.45, 7) is 0.345. The van der Waals surface area contributed by atoms with E-state index in [9.17, 15) is 4.79 Å². The Morgan fingerprint density at radius 1 is 1.25 bits per heavy atom. The van der Waals surface area contributed by atoms with E-state index in [0.29, 0.717) is 35.5 Å². The average Bonchev–Trinajstić information content (AvgIpc) is 3.27. The number of carbonyl (C=O) groups is 1. The lowest BCUT2D eigenvalue weighted by molar-refractivity contribution is 0.251. The monoisotopic (exact) mass is 400 g/mol. The third kappa shape index (κ3) is 3.94. The summed E-state index contributed by atoms with van der Waals surface area (Å²) in [6, 6.07) is 6.99. The first-order chi connectivity index (χ1) is 13.7. The van der Waals surface area contributed by atoms with Gasteiger partial charge in [0.1, 0.15) is 4.88 Å². The molecule has 8 nitrogen and oxygen atoms in total. The predicted octanol–water partition coefficient (Wildman–Crippen LogP) is 4.01. The molecule has 2 heterocycles. The number of ether oxygens (including phenoxy) is 2. The molecule has 1 aromatic carbocycles. The third-order valence-electron chi connectivity index (χ3n) is 4.39. The number of benzene rings is 1. The Morgan fingerprint density at radius 2 is 2.07 bits per heavy atom. The molecule has 0 bridgehead atoms. The number of nitrogens with one attached hydrogen (secondary N) is 2. The number of hydrogen-bond donors (Lipinski definition) is 2. The summed E-state index contributed by atoms with van der Waals surface area (Å²) in [5.41, 5.74) is 1.53. The van der Waals surface area contributed by atoms with Gasteiger partial charge in [0.25, 0.3) is 5.89 Å². The van der Waals surface area contributed by atoms with Crippen LogP contribution in [0.3, 0.4) is 0 Å². The van der Waals surface area contributed by atoms with Crippen LogP contribution in [0.25, 0.3) is 10.8 Å². The number of carbonyl (C=O) groups excluding carboxylic acids is 1. The molecule has 1 fully saturated rings. The van der Waals surface area contributed by atoms with Gasteiger partial charge in [0.05, 0.1) is 19.9 Å². The van der Waals surface area contributed by atoms with Crippen LogP contribution in [0.15, 0.2) is 34.2 Å². The molecule has 2 amide bonds. The van der Waals surface area contributed by atoms with Crippen LogP contribution in [0.4, 0.5) is 10.5 Å². The molecular formula is C19H20N4O4S. The fourth-order valence-corrected chi connectivity index (χ4v) is 3.52. The number of rotatable bonds is 7. The van der Waals surface area contributed by atoms with Gasteiger partial charge in [-0.05, 0) is 42.0 Å². The number of hydrogen-bond acceptors (Lipinski definition) is 7. The zero-order chi connectivity index (χ0) is 19.5. The van der Waals surface area contributed by atoms with Gasteiger partial charge < -0.3 is 24.6 Å². The van der Waals surface area contributed by atoms with Crippen LogP contribution in [0.1, 0.15) is 30.1 Å². The number of thiophene rings is 1. The summed E-state index contributed by atoms with van der Waals surface area (Å²) in [4.78, 5) is 17.5. The highest BCUT2D eigenvalue weighted by molar-refractivity contribution is 7.14. The van der Waals surface area contributed by atoms with E-state index in [2.05, 4.69) is 20.8 Å². The van der Waals surface area contributed by atoms with Crippen LogP contribution in [-0.2, 0) is 6.54 Å². The van der Waals surface area contributed by atoms with Crippen LogP contribution in [0.2, 0.25) is 0 Å². The van der Waals surface area contributed by atoms with Crippen LogP contribution in [0, 0.1) is 0 Å². The Hall–Kier alpha value is -3.07. The Balaban J connectivity index is 1.38. The van der Waals surface area contributed by atoms with Crippen LogP contribution in [-0.4, -0.2) is 30.4 Å². The summed E-state index contributed by atoms with van der Waals surface area (Å²) < 4.78 is 15.9. The number of methoxy groups -OCH3 is 2. The minimum atomic E-state index is -0.323. The number of anilines is 1.